The molecule has 0 aliphatic rings. The molecule has 2 aromatic rings. The van der Waals surface area contributed by atoms with Crippen LogP contribution in [0.5, 0.6) is 0 Å². The first kappa shape index (κ1) is 18.0. The fourth-order valence-corrected chi connectivity index (χ4v) is 2.36. The van der Waals surface area contributed by atoms with Gasteiger partial charge in [0.25, 0.3) is 5.91 Å². The SMILES string of the molecule is CC(=O)Nc1ccc(NC(=O)C[NH2+][C@@H](C)c2ccc(Cl)cc2)cc1. The molecule has 0 saturated heterocycles. The first-order valence-electron chi connectivity index (χ1n) is 7.70. The monoisotopic (exact) mass is 346 g/mol. The summed E-state index contributed by atoms with van der Waals surface area (Å²) in [4.78, 5) is 23.0. The molecule has 126 valence electrons. The van der Waals surface area contributed by atoms with Gasteiger partial charge in [0.15, 0.2) is 6.54 Å². The molecule has 2 amide bonds. The Hall–Kier alpha value is -2.37. The molecule has 5 nitrogen and oxygen atoms in total. The molecule has 0 unspecified atom stereocenters. The fraction of sp³-hybridized carbons (Fsp3) is 0.222. The van der Waals surface area contributed by atoms with E-state index in [9.17, 15) is 9.59 Å². The summed E-state index contributed by atoms with van der Waals surface area (Å²) < 4.78 is 0. The number of hydrogen-bond donors (Lipinski definition) is 3. The van der Waals surface area contributed by atoms with Gasteiger partial charge in [-0.15, -0.1) is 0 Å². The van der Waals surface area contributed by atoms with Crippen molar-refractivity contribution in [3.8, 4) is 0 Å². The van der Waals surface area contributed by atoms with Crippen molar-refractivity contribution >= 4 is 34.8 Å². The van der Waals surface area contributed by atoms with Gasteiger partial charge in [-0.25, -0.2) is 0 Å². The third-order valence-electron chi connectivity index (χ3n) is 3.54. The highest BCUT2D eigenvalue weighted by molar-refractivity contribution is 6.30. The highest BCUT2D eigenvalue weighted by Gasteiger charge is 2.11. The molecular weight excluding hydrogens is 326 g/mol. The Morgan fingerprint density at radius 2 is 1.54 bits per heavy atom. The Kier molecular flexibility index (Phi) is 6.35. The Morgan fingerprint density at radius 3 is 2.08 bits per heavy atom. The van der Waals surface area contributed by atoms with Crippen molar-refractivity contribution in [3.05, 3.63) is 59.1 Å². The van der Waals surface area contributed by atoms with Crippen molar-refractivity contribution in [2.75, 3.05) is 17.2 Å². The van der Waals surface area contributed by atoms with Crippen LogP contribution in [-0.4, -0.2) is 18.4 Å². The second kappa shape index (κ2) is 8.47. The molecule has 24 heavy (non-hydrogen) atoms. The third-order valence-corrected chi connectivity index (χ3v) is 3.79. The van der Waals surface area contributed by atoms with Crippen molar-refractivity contribution in [1.29, 1.82) is 0 Å². The van der Waals surface area contributed by atoms with E-state index in [-0.39, 0.29) is 17.9 Å². The van der Waals surface area contributed by atoms with E-state index in [2.05, 4.69) is 10.6 Å². The summed E-state index contributed by atoms with van der Waals surface area (Å²) in [6.07, 6.45) is 0. The number of nitrogens with two attached hydrogens (primary N) is 1. The highest BCUT2D eigenvalue weighted by atomic mass is 35.5. The number of amides is 2. The van der Waals surface area contributed by atoms with Gasteiger partial charge in [0, 0.05) is 28.9 Å². The van der Waals surface area contributed by atoms with Crippen LogP contribution in [0.25, 0.3) is 0 Å². The van der Waals surface area contributed by atoms with Gasteiger partial charge in [-0.2, -0.15) is 0 Å². The van der Waals surface area contributed by atoms with Gasteiger partial charge < -0.3 is 16.0 Å². The minimum atomic E-state index is -0.127. The highest BCUT2D eigenvalue weighted by Crippen LogP contribution is 2.14. The number of rotatable bonds is 6. The Morgan fingerprint density at radius 1 is 1.00 bits per heavy atom. The molecule has 2 rings (SSSR count). The van der Waals surface area contributed by atoms with Crippen LogP contribution in [0.1, 0.15) is 25.5 Å². The van der Waals surface area contributed by atoms with E-state index in [1.165, 1.54) is 6.92 Å². The smallest absolute Gasteiger partial charge is 0.279 e. The number of carbonyl (C=O) groups excluding carboxylic acids is 2. The van der Waals surface area contributed by atoms with Crippen molar-refractivity contribution in [3.63, 3.8) is 0 Å². The first-order chi connectivity index (χ1) is 11.4. The first-order valence-corrected chi connectivity index (χ1v) is 8.08. The maximum atomic E-state index is 12.0. The number of benzene rings is 2. The summed E-state index contributed by atoms with van der Waals surface area (Å²) in [7, 11) is 0. The topological polar surface area (TPSA) is 74.8 Å². The molecule has 0 heterocycles. The standard InChI is InChI=1S/C18H20ClN3O2/c1-12(14-3-5-15(19)6-4-14)20-11-18(24)22-17-9-7-16(8-10-17)21-13(2)23/h3-10,12,20H,11H2,1-2H3,(H,21,23)(H,22,24)/p+1/t12-/m0/s1. The number of nitrogens with one attached hydrogen (secondary N) is 2. The number of anilines is 2. The summed E-state index contributed by atoms with van der Waals surface area (Å²) in [6, 6.07) is 14.8. The van der Waals surface area contributed by atoms with Crippen LogP contribution in [0.3, 0.4) is 0 Å². The summed E-state index contributed by atoms with van der Waals surface area (Å²) >= 11 is 5.88. The van der Waals surface area contributed by atoms with Crippen molar-refractivity contribution in [2.45, 2.75) is 19.9 Å². The number of hydrogen-bond acceptors (Lipinski definition) is 2. The van der Waals surface area contributed by atoms with E-state index < -0.39 is 0 Å². The average Bonchev–Trinajstić information content (AvgIpc) is 2.54. The lowest BCUT2D eigenvalue weighted by atomic mass is 10.1. The molecule has 0 aliphatic heterocycles. The van der Waals surface area contributed by atoms with Gasteiger partial charge in [-0.3, -0.25) is 9.59 Å². The molecule has 4 N–H and O–H groups in total. The largest absolute Gasteiger partial charge is 0.333 e. The van der Waals surface area contributed by atoms with Crippen LogP contribution in [0.15, 0.2) is 48.5 Å². The lowest BCUT2D eigenvalue weighted by Crippen LogP contribution is -2.86. The van der Waals surface area contributed by atoms with E-state index in [1.54, 1.807) is 24.3 Å². The number of halogens is 1. The van der Waals surface area contributed by atoms with E-state index >= 15 is 0 Å². The van der Waals surface area contributed by atoms with Gasteiger partial charge in [-0.05, 0) is 43.3 Å². The zero-order valence-corrected chi connectivity index (χ0v) is 14.4. The van der Waals surface area contributed by atoms with Crippen LogP contribution in [0, 0.1) is 0 Å². The van der Waals surface area contributed by atoms with E-state index in [1.807, 2.05) is 36.5 Å². The fourth-order valence-electron chi connectivity index (χ4n) is 2.24. The second-order valence-electron chi connectivity index (χ2n) is 5.59. The Bertz CT molecular complexity index is 699. The molecule has 0 bridgehead atoms. The van der Waals surface area contributed by atoms with Crippen LogP contribution in [-0.2, 0) is 9.59 Å². The summed E-state index contributed by atoms with van der Waals surface area (Å²) in [5.41, 5.74) is 2.51. The van der Waals surface area contributed by atoms with E-state index in [0.29, 0.717) is 22.9 Å². The summed E-state index contributed by atoms with van der Waals surface area (Å²) in [5.74, 6) is -0.208. The van der Waals surface area contributed by atoms with Gasteiger partial charge in [-0.1, -0.05) is 23.7 Å². The van der Waals surface area contributed by atoms with Crippen LogP contribution in [0.2, 0.25) is 5.02 Å². The second-order valence-corrected chi connectivity index (χ2v) is 6.02. The number of quaternary nitrogens is 1. The zero-order chi connectivity index (χ0) is 17.5. The molecule has 6 heteroatoms. The predicted octanol–water partition coefficient (Wildman–Crippen LogP) is 2.56. The molecule has 0 fully saturated rings. The molecule has 0 aliphatic carbocycles. The van der Waals surface area contributed by atoms with E-state index in [4.69, 9.17) is 11.6 Å². The normalized spacial score (nSPS) is 11.6. The van der Waals surface area contributed by atoms with Crippen molar-refractivity contribution < 1.29 is 14.9 Å². The van der Waals surface area contributed by atoms with Crippen molar-refractivity contribution in [2.24, 2.45) is 0 Å². The van der Waals surface area contributed by atoms with Gasteiger partial charge in [0.05, 0.1) is 0 Å². The Labute approximate surface area is 146 Å². The molecule has 0 spiro atoms. The maximum absolute atomic E-state index is 12.0. The van der Waals surface area contributed by atoms with Gasteiger partial charge >= 0.3 is 0 Å². The minimum absolute atomic E-state index is 0.0805. The quantitative estimate of drug-likeness (QED) is 0.752. The molecule has 2 aromatic carbocycles. The lowest BCUT2D eigenvalue weighted by Gasteiger charge is -2.11. The zero-order valence-electron chi connectivity index (χ0n) is 13.7. The summed E-state index contributed by atoms with van der Waals surface area (Å²) in [5, 5.41) is 8.18. The van der Waals surface area contributed by atoms with Crippen molar-refractivity contribution in [1.82, 2.24) is 0 Å². The van der Waals surface area contributed by atoms with Crippen LogP contribution in [0.4, 0.5) is 11.4 Å². The van der Waals surface area contributed by atoms with Gasteiger partial charge in [0.2, 0.25) is 5.91 Å². The maximum Gasteiger partial charge on any atom is 0.279 e. The molecule has 0 aromatic heterocycles. The molecule has 0 saturated carbocycles. The van der Waals surface area contributed by atoms with E-state index in [0.717, 1.165) is 5.56 Å². The lowest BCUT2D eigenvalue weighted by molar-refractivity contribution is -0.682. The molecule has 1 atom stereocenters. The molecular formula is C18H21ClN3O2+. The number of carbonyl (C=O) groups is 2. The van der Waals surface area contributed by atoms with Crippen LogP contribution >= 0.6 is 11.6 Å². The van der Waals surface area contributed by atoms with Gasteiger partial charge in [0.1, 0.15) is 6.04 Å². The molecule has 0 radical (unpaired) electrons. The average molecular weight is 347 g/mol. The Balaban J connectivity index is 1.82. The third kappa shape index (κ3) is 5.68. The predicted molar refractivity (Wildman–Crippen MR) is 96.0 cm³/mol. The van der Waals surface area contributed by atoms with Crippen LogP contribution < -0.4 is 16.0 Å². The minimum Gasteiger partial charge on any atom is -0.333 e. The summed E-state index contributed by atoms with van der Waals surface area (Å²) in [6.45, 7) is 3.81.